The molecule has 0 fully saturated rings. The number of para-hydroxylation sites is 2. The van der Waals surface area contributed by atoms with Crippen molar-refractivity contribution in [2.24, 2.45) is 0 Å². The molecular formula is C18H17NO6. The van der Waals surface area contributed by atoms with Gasteiger partial charge >= 0.3 is 5.97 Å². The van der Waals surface area contributed by atoms with Crippen LogP contribution in [0.3, 0.4) is 0 Å². The largest absolute Gasteiger partial charge is 0.508 e. The maximum Gasteiger partial charge on any atom is 0.338 e. The monoisotopic (exact) mass is 343 g/mol. The average Bonchev–Trinajstić information content (AvgIpc) is 2.64. The third-order valence-electron chi connectivity index (χ3n) is 3.51. The molecule has 7 heteroatoms. The van der Waals surface area contributed by atoms with E-state index in [0.717, 1.165) is 0 Å². The normalized spacial score (nSPS) is 15.3. The summed E-state index contributed by atoms with van der Waals surface area (Å²) < 4.78 is 16.2. The first kappa shape index (κ1) is 16.6. The molecule has 1 heterocycles. The topological polar surface area (TPSA) is 94.1 Å². The maximum atomic E-state index is 11.8. The molecule has 0 aromatic heterocycles. The molecule has 3 rings (SSSR count). The lowest BCUT2D eigenvalue weighted by molar-refractivity contribution is -0.124. The fraction of sp³-hybridized carbons (Fsp3) is 0.222. The lowest BCUT2D eigenvalue weighted by Crippen LogP contribution is -2.42. The zero-order chi connectivity index (χ0) is 17.6. The number of nitrogens with one attached hydrogen (secondary N) is 1. The summed E-state index contributed by atoms with van der Waals surface area (Å²) in [5, 5.41) is 12.0. The van der Waals surface area contributed by atoms with Crippen molar-refractivity contribution >= 4 is 11.9 Å². The lowest BCUT2D eigenvalue weighted by atomic mass is 10.2. The van der Waals surface area contributed by atoms with Gasteiger partial charge in [-0.2, -0.15) is 0 Å². The number of fused-ring (bicyclic) bond motifs is 1. The first-order valence-corrected chi connectivity index (χ1v) is 7.73. The summed E-state index contributed by atoms with van der Waals surface area (Å²) in [6.07, 6.45) is -0.319. The van der Waals surface area contributed by atoms with Gasteiger partial charge in [0, 0.05) is 0 Å². The smallest absolute Gasteiger partial charge is 0.338 e. The number of ether oxygens (including phenoxy) is 3. The summed E-state index contributed by atoms with van der Waals surface area (Å²) in [5.41, 5.74) is 0.174. The van der Waals surface area contributed by atoms with Gasteiger partial charge in [-0.1, -0.05) is 18.2 Å². The molecular weight excluding hydrogens is 326 g/mol. The highest BCUT2D eigenvalue weighted by atomic mass is 16.6. The van der Waals surface area contributed by atoms with Crippen molar-refractivity contribution in [1.82, 2.24) is 5.32 Å². The molecule has 2 N–H and O–H groups in total. The molecule has 7 nitrogen and oxygen atoms in total. The quantitative estimate of drug-likeness (QED) is 0.799. The summed E-state index contributed by atoms with van der Waals surface area (Å²) in [6.45, 7) is 0.135. The van der Waals surface area contributed by atoms with Crippen molar-refractivity contribution in [2.45, 2.75) is 6.10 Å². The van der Waals surface area contributed by atoms with Gasteiger partial charge in [0.05, 0.1) is 12.1 Å². The third kappa shape index (κ3) is 4.41. The molecule has 1 aliphatic rings. The van der Waals surface area contributed by atoms with Crippen LogP contribution >= 0.6 is 0 Å². The summed E-state index contributed by atoms with van der Waals surface area (Å²) >= 11 is 0. The van der Waals surface area contributed by atoms with Crippen LogP contribution in [0.25, 0.3) is 0 Å². The Bertz CT molecular complexity index is 776. The second-order valence-electron chi connectivity index (χ2n) is 5.43. The van der Waals surface area contributed by atoms with E-state index in [2.05, 4.69) is 5.32 Å². The number of hydrogen-bond donors (Lipinski definition) is 2. The molecule has 0 spiro atoms. The van der Waals surface area contributed by atoms with Crippen molar-refractivity contribution in [3.05, 3.63) is 54.1 Å². The van der Waals surface area contributed by atoms with Gasteiger partial charge in [0.25, 0.3) is 5.91 Å². The minimum absolute atomic E-state index is 0.0476. The average molecular weight is 343 g/mol. The zero-order valence-electron chi connectivity index (χ0n) is 13.3. The molecule has 1 aliphatic heterocycles. The van der Waals surface area contributed by atoms with Crippen LogP contribution in [0.1, 0.15) is 10.4 Å². The van der Waals surface area contributed by atoms with E-state index in [1.165, 1.54) is 24.3 Å². The highest BCUT2D eigenvalue weighted by Gasteiger charge is 2.21. The Hall–Kier alpha value is -3.22. The van der Waals surface area contributed by atoms with Gasteiger partial charge < -0.3 is 24.6 Å². The number of esters is 1. The molecule has 0 bridgehead atoms. The van der Waals surface area contributed by atoms with Crippen LogP contribution in [0.4, 0.5) is 0 Å². The van der Waals surface area contributed by atoms with Gasteiger partial charge in [0.1, 0.15) is 18.5 Å². The number of benzene rings is 2. The Balaban J connectivity index is 1.42. The molecule has 2 aromatic rings. The van der Waals surface area contributed by atoms with Gasteiger partial charge in [-0.25, -0.2) is 4.79 Å². The second kappa shape index (κ2) is 7.57. The number of carbonyl (C=O) groups excluding carboxylic acids is 2. The SMILES string of the molecule is O=C(COC(=O)c1cccc(O)c1)NC[C@@H]1COc2ccccc2O1. The van der Waals surface area contributed by atoms with Gasteiger partial charge in [0.15, 0.2) is 18.1 Å². The predicted molar refractivity (Wildman–Crippen MR) is 87.8 cm³/mol. The van der Waals surface area contributed by atoms with Crippen LogP contribution in [0, 0.1) is 0 Å². The minimum atomic E-state index is -0.683. The fourth-order valence-corrected chi connectivity index (χ4v) is 2.29. The Morgan fingerprint density at radius 2 is 1.96 bits per heavy atom. The van der Waals surface area contributed by atoms with Crippen LogP contribution in [-0.4, -0.2) is 42.8 Å². The molecule has 0 radical (unpaired) electrons. The Labute approximate surface area is 144 Å². The third-order valence-corrected chi connectivity index (χ3v) is 3.51. The first-order valence-electron chi connectivity index (χ1n) is 7.73. The number of carbonyl (C=O) groups is 2. The van der Waals surface area contributed by atoms with E-state index in [4.69, 9.17) is 14.2 Å². The molecule has 0 saturated carbocycles. The number of amides is 1. The molecule has 1 amide bonds. The van der Waals surface area contributed by atoms with Crippen molar-refractivity contribution < 1.29 is 28.9 Å². The molecule has 1 atom stereocenters. The van der Waals surface area contributed by atoms with E-state index in [1.54, 1.807) is 6.07 Å². The van der Waals surface area contributed by atoms with Crippen LogP contribution in [-0.2, 0) is 9.53 Å². The van der Waals surface area contributed by atoms with Gasteiger partial charge in [-0.15, -0.1) is 0 Å². The van der Waals surface area contributed by atoms with E-state index >= 15 is 0 Å². The van der Waals surface area contributed by atoms with E-state index in [9.17, 15) is 14.7 Å². The van der Waals surface area contributed by atoms with Crippen molar-refractivity contribution in [2.75, 3.05) is 19.8 Å². The molecule has 130 valence electrons. The highest BCUT2D eigenvalue weighted by molar-refractivity contribution is 5.91. The van der Waals surface area contributed by atoms with Crippen molar-refractivity contribution in [1.29, 1.82) is 0 Å². The summed E-state index contributed by atoms with van der Waals surface area (Å²) in [4.78, 5) is 23.6. The molecule has 25 heavy (non-hydrogen) atoms. The summed E-state index contributed by atoms with van der Waals surface area (Å²) in [5.74, 6) is 0.121. The minimum Gasteiger partial charge on any atom is -0.508 e. The van der Waals surface area contributed by atoms with E-state index in [0.29, 0.717) is 18.1 Å². The first-order chi connectivity index (χ1) is 12.1. The van der Waals surface area contributed by atoms with Gasteiger partial charge in [-0.3, -0.25) is 4.79 Å². The fourth-order valence-electron chi connectivity index (χ4n) is 2.29. The standard InChI is InChI=1S/C18H17NO6/c20-13-5-3-4-12(8-13)18(22)24-11-17(21)19-9-14-10-23-15-6-1-2-7-16(15)25-14/h1-8,14,20H,9-11H2,(H,19,21)/t14-/m1/s1. The molecule has 2 aromatic carbocycles. The lowest BCUT2D eigenvalue weighted by Gasteiger charge is -2.26. The van der Waals surface area contributed by atoms with Crippen molar-refractivity contribution in [3.63, 3.8) is 0 Å². The molecule has 0 saturated heterocycles. The number of aromatic hydroxyl groups is 1. The zero-order valence-corrected chi connectivity index (χ0v) is 13.3. The van der Waals surface area contributed by atoms with Crippen molar-refractivity contribution in [3.8, 4) is 17.2 Å². The Kier molecular flexibility index (Phi) is 5.03. The van der Waals surface area contributed by atoms with Gasteiger partial charge in [-0.05, 0) is 30.3 Å². The summed E-state index contributed by atoms with van der Waals surface area (Å²) in [7, 11) is 0. The summed E-state index contributed by atoms with van der Waals surface area (Å²) in [6, 6.07) is 13.0. The maximum absolute atomic E-state index is 11.8. The van der Waals surface area contributed by atoms with E-state index in [-0.39, 0.29) is 24.0 Å². The van der Waals surface area contributed by atoms with Crippen LogP contribution < -0.4 is 14.8 Å². The van der Waals surface area contributed by atoms with Gasteiger partial charge in [0.2, 0.25) is 0 Å². The highest BCUT2D eigenvalue weighted by Crippen LogP contribution is 2.30. The molecule has 0 aliphatic carbocycles. The van der Waals surface area contributed by atoms with E-state index in [1.807, 2.05) is 18.2 Å². The Morgan fingerprint density at radius 1 is 1.16 bits per heavy atom. The number of hydrogen-bond acceptors (Lipinski definition) is 6. The second-order valence-corrected chi connectivity index (χ2v) is 5.43. The van der Waals surface area contributed by atoms with Crippen LogP contribution in [0.5, 0.6) is 17.2 Å². The Morgan fingerprint density at radius 3 is 2.76 bits per heavy atom. The van der Waals surface area contributed by atoms with Crippen LogP contribution in [0.2, 0.25) is 0 Å². The van der Waals surface area contributed by atoms with E-state index < -0.39 is 18.5 Å². The predicted octanol–water partition coefficient (Wildman–Crippen LogP) is 1.51. The molecule has 0 unspecified atom stereocenters. The number of rotatable bonds is 5. The number of phenolic OH excluding ortho intramolecular Hbond substituents is 1. The van der Waals surface area contributed by atoms with Crippen LogP contribution in [0.15, 0.2) is 48.5 Å². The number of phenols is 1.